The molecule has 194 valence electrons. The maximum atomic E-state index is 12.7. The Kier molecular flexibility index (Phi) is 6.08. The van der Waals surface area contributed by atoms with Crippen LogP contribution in [0.2, 0.25) is 0 Å². The zero-order valence-electron chi connectivity index (χ0n) is 21.3. The number of carbonyl (C=O) groups excluding carboxylic acids is 1. The Morgan fingerprint density at radius 2 is 1.84 bits per heavy atom. The molecule has 0 radical (unpaired) electrons. The Bertz CT molecular complexity index is 1200. The van der Waals surface area contributed by atoms with Crippen LogP contribution in [0.5, 0.6) is 0 Å². The average Bonchev–Trinajstić information content (AvgIpc) is 3.58. The molecule has 1 amide bonds. The van der Waals surface area contributed by atoms with Gasteiger partial charge in [0.25, 0.3) is 0 Å². The first-order chi connectivity index (χ1) is 18.2. The van der Waals surface area contributed by atoms with E-state index < -0.39 is 0 Å². The number of aromatic nitrogens is 3. The molecule has 3 aliphatic heterocycles. The summed E-state index contributed by atoms with van der Waals surface area (Å²) in [6.07, 6.45) is 13.0. The summed E-state index contributed by atoms with van der Waals surface area (Å²) in [5.74, 6) is 3.97. The molecule has 5 heterocycles. The molecule has 2 aliphatic carbocycles. The molecule has 0 aromatic carbocycles. The standard InChI is InChI=1S/C28H35N7OS/c36-26-22-15-19-16-30-27(33-25(19)24(22)28(18-31-26)7-1-2-8-28)32-23-4-3-21(17-29-23)34-9-5-20(6-10-34)35-11-13-37-14-12-35/h3-4,15-17,20,24H,1-2,5-14,18H2,(H,31,36)(H,29,30,32,33). The molecule has 3 saturated heterocycles. The maximum Gasteiger partial charge on any atom is 0.247 e. The first kappa shape index (κ1) is 23.5. The minimum atomic E-state index is 0.0475. The minimum Gasteiger partial charge on any atom is -0.370 e. The predicted molar refractivity (Wildman–Crippen MR) is 148 cm³/mol. The second-order valence-corrected chi connectivity index (χ2v) is 12.4. The Balaban J connectivity index is 1.03. The molecule has 2 N–H and O–H groups in total. The van der Waals surface area contributed by atoms with Gasteiger partial charge in [0.1, 0.15) is 5.82 Å². The van der Waals surface area contributed by atoms with Crippen LogP contribution in [0.1, 0.15) is 55.7 Å². The highest BCUT2D eigenvalue weighted by Crippen LogP contribution is 2.56. The highest BCUT2D eigenvalue weighted by Gasteiger charge is 2.51. The molecular formula is C28H35N7OS. The third kappa shape index (κ3) is 4.30. The van der Waals surface area contributed by atoms with E-state index in [1.807, 2.05) is 24.5 Å². The zero-order chi connectivity index (χ0) is 24.8. The largest absolute Gasteiger partial charge is 0.370 e. The van der Waals surface area contributed by atoms with Gasteiger partial charge in [-0.15, -0.1) is 0 Å². The van der Waals surface area contributed by atoms with Crippen LogP contribution >= 0.6 is 11.8 Å². The number of hydrogen-bond acceptors (Lipinski definition) is 8. The second-order valence-electron chi connectivity index (χ2n) is 11.2. The highest BCUT2D eigenvalue weighted by atomic mass is 32.2. The lowest BCUT2D eigenvalue weighted by Crippen LogP contribution is -2.47. The Hall–Kier alpha value is -2.65. The number of rotatable bonds is 4. The highest BCUT2D eigenvalue weighted by molar-refractivity contribution is 7.99. The Labute approximate surface area is 222 Å². The van der Waals surface area contributed by atoms with Crippen molar-refractivity contribution in [3.63, 3.8) is 0 Å². The van der Waals surface area contributed by atoms with E-state index in [-0.39, 0.29) is 17.2 Å². The van der Waals surface area contributed by atoms with Crippen molar-refractivity contribution in [3.8, 4) is 0 Å². The van der Waals surface area contributed by atoms with Crippen LogP contribution in [0.15, 0.2) is 30.1 Å². The van der Waals surface area contributed by atoms with Crippen LogP contribution in [0.3, 0.4) is 0 Å². The summed E-state index contributed by atoms with van der Waals surface area (Å²) in [6, 6.07) is 4.91. The lowest BCUT2D eigenvalue weighted by molar-refractivity contribution is -0.120. The number of pyridine rings is 1. The fourth-order valence-electron chi connectivity index (χ4n) is 7.22. The number of hydrogen-bond donors (Lipinski definition) is 2. The van der Waals surface area contributed by atoms with E-state index in [0.717, 1.165) is 61.2 Å². The summed E-state index contributed by atoms with van der Waals surface area (Å²) < 4.78 is 0. The molecule has 1 atom stereocenters. The van der Waals surface area contributed by atoms with Gasteiger partial charge in [-0.25, -0.2) is 15.0 Å². The lowest BCUT2D eigenvalue weighted by Gasteiger charge is -2.40. The van der Waals surface area contributed by atoms with Crippen LogP contribution in [-0.2, 0) is 4.79 Å². The van der Waals surface area contributed by atoms with Crippen molar-refractivity contribution in [1.29, 1.82) is 0 Å². The van der Waals surface area contributed by atoms with E-state index >= 15 is 0 Å². The number of piperidine rings is 2. The summed E-state index contributed by atoms with van der Waals surface area (Å²) in [7, 11) is 0. The molecule has 37 heavy (non-hydrogen) atoms. The van der Waals surface area contributed by atoms with E-state index in [1.165, 1.54) is 56.0 Å². The lowest BCUT2D eigenvalue weighted by atomic mass is 9.68. The fraction of sp³-hybridized carbons (Fsp3) is 0.571. The van der Waals surface area contributed by atoms with Gasteiger partial charge in [0.2, 0.25) is 11.9 Å². The van der Waals surface area contributed by atoms with Crippen molar-refractivity contribution in [1.82, 2.24) is 25.2 Å². The fourth-order valence-corrected chi connectivity index (χ4v) is 8.15. The topological polar surface area (TPSA) is 86.3 Å². The average molecular weight is 518 g/mol. The summed E-state index contributed by atoms with van der Waals surface area (Å²) in [5.41, 5.74) is 4.11. The number of fused-ring (bicyclic) bond motifs is 4. The normalized spacial score (nSPS) is 25.5. The molecule has 2 aromatic heterocycles. The number of anilines is 3. The van der Waals surface area contributed by atoms with Gasteiger partial charge >= 0.3 is 0 Å². The van der Waals surface area contributed by atoms with Crippen molar-refractivity contribution in [2.75, 3.05) is 54.4 Å². The maximum absolute atomic E-state index is 12.7. The Morgan fingerprint density at radius 1 is 1.03 bits per heavy atom. The molecule has 9 heteroatoms. The van der Waals surface area contributed by atoms with Gasteiger partial charge in [-0.05, 0) is 43.9 Å². The van der Waals surface area contributed by atoms with Gasteiger partial charge in [-0.1, -0.05) is 12.8 Å². The number of carbonyl (C=O) groups is 1. The molecule has 1 spiro atoms. The van der Waals surface area contributed by atoms with Crippen molar-refractivity contribution >= 4 is 41.2 Å². The number of amides is 1. The third-order valence-corrected chi connectivity index (χ3v) is 10.1. The molecule has 8 nitrogen and oxygen atoms in total. The second kappa shape index (κ2) is 9.58. The van der Waals surface area contributed by atoms with Gasteiger partial charge in [-0.3, -0.25) is 9.69 Å². The first-order valence-corrected chi connectivity index (χ1v) is 15.0. The molecule has 7 rings (SSSR count). The van der Waals surface area contributed by atoms with Crippen LogP contribution in [0.4, 0.5) is 17.5 Å². The third-order valence-electron chi connectivity index (χ3n) is 9.20. The molecule has 0 bridgehead atoms. The SMILES string of the molecule is O=C1NCC2(CCCC2)C2C1=Cc1cnc(Nc3ccc(N4CCC(N5CCSCC5)CC4)cn3)nc12. The van der Waals surface area contributed by atoms with Gasteiger partial charge in [0.05, 0.1) is 17.6 Å². The number of nitrogens with one attached hydrogen (secondary N) is 2. The molecule has 2 aromatic rings. The van der Waals surface area contributed by atoms with Crippen LogP contribution in [0, 0.1) is 5.41 Å². The quantitative estimate of drug-likeness (QED) is 0.634. The smallest absolute Gasteiger partial charge is 0.247 e. The summed E-state index contributed by atoms with van der Waals surface area (Å²) in [4.78, 5) is 32.0. The molecule has 4 fully saturated rings. The Morgan fingerprint density at radius 3 is 2.59 bits per heavy atom. The van der Waals surface area contributed by atoms with Crippen LogP contribution < -0.4 is 15.5 Å². The van der Waals surface area contributed by atoms with Gasteiger partial charge in [0, 0.05) is 78.9 Å². The summed E-state index contributed by atoms with van der Waals surface area (Å²) >= 11 is 2.08. The predicted octanol–water partition coefficient (Wildman–Crippen LogP) is 3.80. The van der Waals surface area contributed by atoms with E-state index in [4.69, 9.17) is 9.97 Å². The molecule has 1 saturated carbocycles. The molecule has 1 unspecified atom stereocenters. The number of nitrogens with zero attached hydrogens (tertiary/aromatic N) is 5. The summed E-state index contributed by atoms with van der Waals surface area (Å²) in [5, 5.41) is 6.45. The van der Waals surface area contributed by atoms with Gasteiger partial charge in [0.15, 0.2) is 0 Å². The van der Waals surface area contributed by atoms with E-state index in [2.05, 4.69) is 43.2 Å². The van der Waals surface area contributed by atoms with Crippen molar-refractivity contribution in [3.05, 3.63) is 41.4 Å². The van der Waals surface area contributed by atoms with Gasteiger partial charge in [-0.2, -0.15) is 11.8 Å². The monoisotopic (exact) mass is 517 g/mol. The number of thioether (sulfide) groups is 1. The minimum absolute atomic E-state index is 0.0475. The molecular weight excluding hydrogens is 482 g/mol. The molecule has 5 aliphatic rings. The van der Waals surface area contributed by atoms with Crippen LogP contribution in [-0.4, -0.2) is 76.0 Å². The summed E-state index contributed by atoms with van der Waals surface area (Å²) in [6.45, 7) is 5.41. The van der Waals surface area contributed by atoms with E-state index in [9.17, 15) is 4.79 Å². The van der Waals surface area contributed by atoms with E-state index in [1.54, 1.807) is 0 Å². The van der Waals surface area contributed by atoms with E-state index in [0.29, 0.717) is 5.95 Å². The van der Waals surface area contributed by atoms with Crippen LogP contribution in [0.25, 0.3) is 6.08 Å². The van der Waals surface area contributed by atoms with Crippen molar-refractivity contribution < 1.29 is 4.79 Å². The van der Waals surface area contributed by atoms with Crippen molar-refractivity contribution in [2.45, 2.75) is 50.5 Å². The van der Waals surface area contributed by atoms with Gasteiger partial charge < -0.3 is 15.5 Å². The zero-order valence-corrected chi connectivity index (χ0v) is 22.1. The van der Waals surface area contributed by atoms with Crippen molar-refractivity contribution in [2.24, 2.45) is 5.41 Å². The first-order valence-electron chi connectivity index (χ1n) is 13.9.